The fraction of sp³-hybridized carbons (Fsp3) is 0.536. The fourth-order valence-electron chi connectivity index (χ4n) is 4.14. The summed E-state index contributed by atoms with van der Waals surface area (Å²) >= 11 is 0. The summed E-state index contributed by atoms with van der Waals surface area (Å²) in [5, 5.41) is 0. The highest BCUT2D eigenvalue weighted by atomic mass is 16.6. The Morgan fingerprint density at radius 1 is 0.941 bits per heavy atom. The van der Waals surface area contributed by atoms with E-state index in [-0.39, 0.29) is 12.6 Å². The maximum atomic E-state index is 12.2. The van der Waals surface area contributed by atoms with Crippen molar-refractivity contribution >= 4 is 5.97 Å². The third-order valence-electron chi connectivity index (χ3n) is 6.16. The first-order chi connectivity index (χ1) is 16.4. The Hall–Kier alpha value is -2.57. The quantitative estimate of drug-likeness (QED) is 0.263. The van der Waals surface area contributed by atoms with E-state index in [0.29, 0.717) is 24.0 Å². The zero-order valence-electron chi connectivity index (χ0n) is 21.6. The van der Waals surface area contributed by atoms with Crippen LogP contribution in [0.2, 0.25) is 0 Å². The van der Waals surface area contributed by atoms with Crippen LogP contribution in [-0.2, 0) is 15.9 Å². The van der Waals surface area contributed by atoms with Gasteiger partial charge in [0, 0.05) is 13.7 Å². The minimum atomic E-state index is -0.304. The first kappa shape index (κ1) is 27.7. The minimum absolute atomic E-state index is 0.267. The number of benzene rings is 2. The van der Waals surface area contributed by atoms with Gasteiger partial charge in [-0.05, 0) is 80.1 Å². The molecule has 0 aliphatic carbocycles. The average molecular weight is 472 g/mol. The molecular formula is C28H41NO5. The first-order valence-electron chi connectivity index (χ1n) is 12.0. The Labute approximate surface area is 205 Å². The van der Waals surface area contributed by atoms with Crippen LogP contribution in [0.25, 0.3) is 0 Å². The van der Waals surface area contributed by atoms with Crippen molar-refractivity contribution in [1.29, 1.82) is 0 Å². The van der Waals surface area contributed by atoms with E-state index in [1.165, 1.54) is 5.56 Å². The van der Waals surface area contributed by atoms with Gasteiger partial charge in [-0.3, -0.25) is 0 Å². The minimum Gasteiger partial charge on any atom is -0.493 e. The topological polar surface area (TPSA) is 57.2 Å². The van der Waals surface area contributed by atoms with Crippen molar-refractivity contribution in [2.75, 3.05) is 54.7 Å². The van der Waals surface area contributed by atoms with Crippen LogP contribution < -0.4 is 9.47 Å². The lowest BCUT2D eigenvalue weighted by Gasteiger charge is -2.24. The second-order valence-electron chi connectivity index (χ2n) is 8.99. The van der Waals surface area contributed by atoms with Gasteiger partial charge in [-0.25, -0.2) is 4.79 Å². The van der Waals surface area contributed by atoms with E-state index in [4.69, 9.17) is 18.9 Å². The lowest BCUT2D eigenvalue weighted by Crippen LogP contribution is -2.23. The molecule has 0 bridgehead atoms. The summed E-state index contributed by atoms with van der Waals surface area (Å²) in [5.74, 6) is 2.25. The molecule has 0 N–H and O–H groups in total. The van der Waals surface area contributed by atoms with Crippen molar-refractivity contribution in [2.45, 2.75) is 39.0 Å². The molecule has 0 aliphatic rings. The molecule has 1 unspecified atom stereocenters. The maximum absolute atomic E-state index is 12.2. The van der Waals surface area contributed by atoms with Crippen molar-refractivity contribution in [3.8, 4) is 11.5 Å². The van der Waals surface area contributed by atoms with Gasteiger partial charge in [0.2, 0.25) is 0 Å². The molecule has 188 valence electrons. The highest BCUT2D eigenvalue weighted by Crippen LogP contribution is 2.35. The van der Waals surface area contributed by atoms with Crippen LogP contribution in [0.3, 0.4) is 0 Å². The molecule has 1 atom stereocenters. The number of likely N-dealkylation sites (N-methyl/N-ethyl adjacent to an activating group) is 1. The van der Waals surface area contributed by atoms with Crippen LogP contribution in [0.4, 0.5) is 0 Å². The molecule has 0 saturated carbocycles. The first-order valence-corrected chi connectivity index (χ1v) is 12.0. The third-order valence-corrected chi connectivity index (χ3v) is 6.16. The molecular weight excluding hydrogens is 430 g/mol. The highest BCUT2D eigenvalue weighted by Gasteiger charge is 2.18. The van der Waals surface area contributed by atoms with Crippen LogP contribution in [0.5, 0.6) is 11.5 Å². The SMILES string of the molecule is COCCOC(=O)c1cccc(CCN(C)CCCC(c2ccc(OC)c(OC)c2)C(C)C)c1. The molecule has 0 saturated heterocycles. The summed E-state index contributed by atoms with van der Waals surface area (Å²) in [6.45, 7) is 7.18. The van der Waals surface area contributed by atoms with Crippen molar-refractivity contribution in [3.63, 3.8) is 0 Å². The van der Waals surface area contributed by atoms with E-state index < -0.39 is 0 Å². The van der Waals surface area contributed by atoms with Crippen LogP contribution in [0.1, 0.15) is 54.1 Å². The van der Waals surface area contributed by atoms with E-state index in [0.717, 1.165) is 49.4 Å². The Bertz CT molecular complexity index is 883. The van der Waals surface area contributed by atoms with Crippen LogP contribution in [0.15, 0.2) is 42.5 Å². The number of rotatable bonds is 15. The number of carbonyl (C=O) groups excluding carboxylic acids is 1. The third kappa shape index (κ3) is 8.65. The lowest BCUT2D eigenvalue weighted by atomic mass is 9.84. The normalized spacial score (nSPS) is 12.1. The van der Waals surface area contributed by atoms with Gasteiger partial charge in [0.15, 0.2) is 11.5 Å². The monoisotopic (exact) mass is 471 g/mol. The van der Waals surface area contributed by atoms with Crippen molar-refractivity contribution in [1.82, 2.24) is 4.90 Å². The molecule has 0 fully saturated rings. The number of ether oxygens (including phenoxy) is 4. The number of hydrogen-bond acceptors (Lipinski definition) is 6. The van der Waals surface area contributed by atoms with Gasteiger partial charge in [0.05, 0.1) is 26.4 Å². The molecule has 0 aromatic heterocycles. The number of hydrogen-bond donors (Lipinski definition) is 0. The summed E-state index contributed by atoms with van der Waals surface area (Å²) in [4.78, 5) is 14.5. The van der Waals surface area contributed by atoms with Crippen LogP contribution in [-0.4, -0.2) is 65.5 Å². The standard InChI is InChI=1S/C28H41NO5/c1-21(2)25(23-12-13-26(32-5)27(20-23)33-6)11-8-15-29(3)16-14-22-9-7-10-24(19-22)28(30)34-18-17-31-4/h7,9-10,12-13,19-21,25H,8,11,14-18H2,1-6H3. The van der Waals surface area contributed by atoms with Gasteiger partial charge in [-0.15, -0.1) is 0 Å². The van der Waals surface area contributed by atoms with Gasteiger partial charge >= 0.3 is 5.97 Å². The molecule has 2 aromatic rings. The lowest BCUT2D eigenvalue weighted by molar-refractivity contribution is 0.0388. The highest BCUT2D eigenvalue weighted by molar-refractivity contribution is 5.89. The molecule has 2 aromatic carbocycles. The fourth-order valence-corrected chi connectivity index (χ4v) is 4.14. The number of methoxy groups -OCH3 is 3. The summed E-state index contributed by atoms with van der Waals surface area (Å²) in [7, 11) is 7.09. The van der Waals surface area contributed by atoms with Crippen molar-refractivity contribution in [3.05, 3.63) is 59.2 Å². The van der Waals surface area contributed by atoms with Crippen LogP contribution in [0, 0.1) is 5.92 Å². The van der Waals surface area contributed by atoms with Crippen molar-refractivity contribution in [2.24, 2.45) is 5.92 Å². The van der Waals surface area contributed by atoms with E-state index in [1.807, 2.05) is 18.2 Å². The smallest absolute Gasteiger partial charge is 0.338 e. The summed E-state index contributed by atoms with van der Waals surface area (Å²) < 4.78 is 21.0. The predicted octanol–water partition coefficient (Wildman–Crippen LogP) is 5.20. The van der Waals surface area contributed by atoms with Crippen molar-refractivity contribution < 1.29 is 23.7 Å². The molecule has 0 amide bonds. The maximum Gasteiger partial charge on any atom is 0.338 e. The second-order valence-corrected chi connectivity index (χ2v) is 8.99. The van der Waals surface area contributed by atoms with Gasteiger partial charge in [-0.2, -0.15) is 0 Å². The molecule has 0 radical (unpaired) electrons. The van der Waals surface area contributed by atoms with E-state index in [9.17, 15) is 4.79 Å². The Morgan fingerprint density at radius 3 is 2.38 bits per heavy atom. The summed E-state index contributed by atoms with van der Waals surface area (Å²) in [6.07, 6.45) is 3.11. The van der Waals surface area contributed by atoms with Gasteiger partial charge in [-0.1, -0.05) is 32.0 Å². The molecule has 34 heavy (non-hydrogen) atoms. The Balaban J connectivity index is 1.85. The van der Waals surface area contributed by atoms with Crippen LogP contribution >= 0.6 is 0 Å². The Morgan fingerprint density at radius 2 is 1.71 bits per heavy atom. The van der Waals surface area contributed by atoms with Gasteiger partial charge in [0.1, 0.15) is 6.61 Å². The number of carbonyl (C=O) groups is 1. The molecule has 0 spiro atoms. The second kappa shape index (κ2) is 14.6. The zero-order chi connectivity index (χ0) is 24.9. The zero-order valence-corrected chi connectivity index (χ0v) is 21.6. The largest absolute Gasteiger partial charge is 0.493 e. The van der Waals surface area contributed by atoms with Gasteiger partial charge in [0.25, 0.3) is 0 Å². The number of esters is 1. The summed E-state index contributed by atoms with van der Waals surface area (Å²) in [6, 6.07) is 14.0. The molecule has 0 aliphatic heterocycles. The molecule has 0 heterocycles. The van der Waals surface area contributed by atoms with E-state index in [2.05, 4.69) is 44.0 Å². The molecule has 2 rings (SSSR count). The van der Waals surface area contributed by atoms with E-state index in [1.54, 1.807) is 27.4 Å². The molecule has 6 nitrogen and oxygen atoms in total. The average Bonchev–Trinajstić information content (AvgIpc) is 2.85. The summed E-state index contributed by atoms with van der Waals surface area (Å²) in [5.41, 5.74) is 3.02. The van der Waals surface area contributed by atoms with Gasteiger partial charge < -0.3 is 23.8 Å². The Kier molecular flexibility index (Phi) is 11.9. The van der Waals surface area contributed by atoms with E-state index >= 15 is 0 Å². The molecule has 6 heteroatoms. The number of nitrogens with zero attached hydrogens (tertiary/aromatic N) is 1. The predicted molar refractivity (Wildman–Crippen MR) is 136 cm³/mol.